The fourth-order valence-electron chi connectivity index (χ4n) is 2.25. The maximum Gasteiger partial charge on any atom is 0.225 e. The Morgan fingerprint density at radius 2 is 2.24 bits per heavy atom. The van der Waals surface area contributed by atoms with Gasteiger partial charge >= 0.3 is 0 Å². The minimum absolute atomic E-state index is 0.123. The third-order valence-corrected chi connectivity index (χ3v) is 3.59. The second-order valence-electron chi connectivity index (χ2n) is 4.85. The van der Waals surface area contributed by atoms with E-state index in [-0.39, 0.29) is 11.8 Å². The number of benzene rings is 1. The van der Waals surface area contributed by atoms with E-state index in [9.17, 15) is 4.79 Å². The first-order chi connectivity index (χ1) is 8.11. The number of anilines is 1. The van der Waals surface area contributed by atoms with E-state index in [1.165, 1.54) is 11.1 Å². The molecule has 1 aliphatic heterocycles. The number of hydrogen-bond acceptors (Lipinski definition) is 2. The highest BCUT2D eigenvalue weighted by atomic mass is 16.2. The summed E-state index contributed by atoms with van der Waals surface area (Å²) in [4.78, 5) is 14.1. The Morgan fingerprint density at radius 1 is 1.47 bits per heavy atom. The molecule has 0 radical (unpaired) electrons. The highest BCUT2D eigenvalue weighted by molar-refractivity contribution is 5.78. The van der Waals surface area contributed by atoms with Crippen LogP contribution in [0.1, 0.15) is 31.4 Å². The van der Waals surface area contributed by atoms with E-state index < -0.39 is 0 Å². The second kappa shape index (κ2) is 4.78. The number of amides is 1. The van der Waals surface area contributed by atoms with Crippen LogP contribution >= 0.6 is 0 Å². The molecule has 0 aromatic heterocycles. The minimum atomic E-state index is 0.123. The van der Waals surface area contributed by atoms with Crippen LogP contribution in [0.4, 0.5) is 5.69 Å². The van der Waals surface area contributed by atoms with Crippen molar-refractivity contribution in [1.82, 2.24) is 4.90 Å². The molecule has 3 nitrogen and oxygen atoms in total. The summed E-state index contributed by atoms with van der Waals surface area (Å²) >= 11 is 0. The van der Waals surface area contributed by atoms with Gasteiger partial charge in [-0.2, -0.15) is 0 Å². The van der Waals surface area contributed by atoms with Crippen molar-refractivity contribution >= 4 is 11.6 Å². The van der Waals surface area contributed by atoms with Crippen molar-refractivity contribution in [3.8, 4) is 0 Å². The van der Waals surface area contributed by atoms with Crippen molar-refractivity contribution in [2.24, 2.45) is 5.92 Å². The number of carbonyl (C=O) groups is 1. The highest BCUT2D eigenvalue weighted by Gasteiger charge is 2.23. The molecule has 1 heterocycles. The normalized spacial score (nSPS) is 16.5. The van der Waals surface area contributed by atoms with Gasteiger partial charge in [-0.15, -0.1) is 0 Å². The van der Waals surface area contributed by atoms with Crippen LogP contribution in [-0.2, 0) is 17.8 Å². The molecule has 2 N–H and O–H groups in total. The Hall–Kier alpha value is -1.51. The van der Waals surface area contributed by atoms with Crippen molar-refractivity contribution in [1.29, 1.82) is 0 Å². The lowest BCUT2D eigenvalue weighted by Gasteiger charge is -2.31. The summed E-state index contributed by atoms with van der Waals surface area (Å²) < 4.78 is 0. The molecule has 1 aromatic carbocycles. The number of carbonyl (C=O) groups excluding carboxylic acids is 1. The van der Waals surface area contributed by atoms with Crippen molar-refractivity contribution in [3.05, 3.63) is 29.3 Å². The van der Waals surface area contributed by atoms with E-state index in [1.807, 2.05) is 24.0 Å². The highest BCUT2D eigenvalue weighted by Crippen LogP contribution is 2.22. The van der Waals surface area contributed by atoms with Gasteiger partial charge in [-0.05, 0) is 36.1 Å². The lowest BCUT2D eigenvalue weighted by atomic mass is 9.97. The molecular weight excluding hydrogens is 212 g/mol. The zero-order valence-electron chi connectivity index (χ0n) is 10.6. The maximum atomic E-state index is 12.1. The van der Waals surface area contributed by atoms with E-state index in [0.717, 1.165) is 25.1 Å². The van der Waals surface area contributed by atoms with Crippen LogP contribution in [-0.4, -0.2) is 17.4 Å². The first-order valence-electron chi connectivity index (χ1n) is 6.28. The third-order valence-electron chi connectivity index (χ3n) is 3.59. The van der Waals surface area contributed by atoms with Gasteiger partial charge in [0.05, 0.1) is 0 Å². The van der Waals surface area contributed by atoms with E-state index in [0.29, 0.717) is 6.54 Å². The van der Waals surface area contributed by atoms with Crippen LogP contribution in [0.3, 0.4) is 0 Å². The van der Waals surface area contributed by atoms with Crippen LogP contribution in [0, 0.1) is 5.92 Å². The molecule has 0 saturated carbocycles. The topological polar surface area (TPSA) is 46.3 Å². The van der Waals surface area contributed by atoms with Crippen LogP contribution in [0.15, 0.2) is 18.2 Å². The molecule has 3 heteroatoms. The monoisotopic (exact) mass is 232 g/mol. The summed E-state index contributed by atoms with van der Waals surface area (Å²) in [6, 6.07) is 6.01. The molecule has 1 atom stereocenters. The van der Waals surface area contributed by atoms with Crippen molar-refractivity contribution in [2.45, 2.75) is 33.2 Å². The summed E-state index contributed by atoms with van der Waals surface area (Å²) in [5.74, 6) is 0.387. The second-order valence-corrected chi connectivity index (χ2v) is 4.85. The van der Waals surface area contributed by atoms with Crippen molar-refractivity contribution in [2.75, 3.05) is 12.3 Å². The SMILES string of the molecule is CCC(C)C(=O)N1CCc2ccc(N)cc2C1. The molecule has 17 heavy (non-hydrogen) atoms. The molecule has 2 rings (SSSR count). The lowest BCUT2D eigenvalue weighted by Crippen LogP contribution is -2.38. The number of nitrogen functional groups attached to an aromatic ring is 1. The largest absolute Gasteiger partial charge is 0.399 e. The standard InChI is InChI=1S/C14H20N2O/c1-3-10(2)14(17)16-7-6-11-4-5-13(15)8-12(11)9-16/h4-5,8,10H,3,6-7,9,15H2,1-2H3. The van der Waals surface area contributed by atoms with Crippen molar-refractivity contribution < 1.29 is 4.79 Å². The number of hydrogen-bond donors (Lipinski definition) is 1. The Morgan fingerprint density at radius 3 is 2.94 bits per heavy atom. The van der Waals surface area contributed by atoms with Crippen LogP contribution in [0.5, 0.6) is 0 Å². The fraction of sp³-hybridized carbons (Fsp3) is 0.500. The average Bonchev–Trinajstić information content (AvgIpc) is 2.36. The Balaban J connectivity index is 2.15. The molecular formula is C14H20N2O. The van der Waals surface area contributed by atoms with Crippen molar-refractivity contribution in [3.63, 3.8) is 0 Å². The lowest BCUT2D eigenvalue weighted by molar-refractivity contribution is -0.136. The van der Waals surface area contributed by atoms with Gasteiger partial charge in [0.15, 0.2) is 0 Å². The van der Waals surface area contributed by atoms with Gasteiger partial charge in [0.25, 0.3) is 0 Å². The predicted molar refractivity (Wildman–Crippen MR) is 69.4 cm³/mol. The quantitative estimate of drug-likeness (QED) is 0.795. The molecule has 1 amide bonds. The van der Waals surface area contributed by atoms with Gasteiger partial charge in [0, 0.05) is 24.7 Å². The van der Waals surface area contributed by atoms with Crippen LogP contribution in [0.2, 0.25) is 0 Å². The van der Waals surface area contributed by atoms with E-state index in [1.54, 1.807) is 0 Å². The summed E-state index contributed by atoms with van der Waals surface area (Å²) in [5, 5.41) is 0. The van der Waals surface area contributed by atoms with Crippen LogP contribution < -0.4 is 5.73 Å². The molecule has 0 fully saturated rings. The van der Waals surface area contributed by atoms with E-state index in [4.69, 9.17) is 5.73 Å². The molecule has 0 saturated heterocycles. The van der Waals surface area contributed by atoms with Gasteiger partial charge in [0.1, 0.15) is 0 Å². The number of nitrogens with zero attached hydrogens (tertiary/aromatic N) is 1. The first kappa shape index (κ1) is 12.0. The third kappa shape index (κ3) is 2.43. The summed E-state index contributed by atoms with van der Waals surface area (Å²) in [7, 11) is 0. The predicted octanol–water partition coefficient (Wildman–Crippen LogP) is 2.20. The number of fused-ring (bicyclic) bond motifs is 1. The van der Waals surface area contributed by atoms with E-state index >= 15 is 0 Å². The molecule has 1 unspecified atom stereocenters. The Kier molecular flexibility index (Phi) is 3.36. The summed E-state index contributed by atoms with van der Waals surface area (Å²) in [6.07, 6.45) is 1.84. The van der Waals surface area contributed by atoms with Gasteiger partial charge < -0.3 is 10.6 Å². The molecule has 0 aliphatic carbocycles. The molecule has 0 bridgehead atoms. The van der Waals surface area contributed by atoms with Gasteiger partial charge in [-0.25, -0.2) is 0 Å². The molecule has 92 valence electrons. The van der Waals surface area contributed by atoms with Crippen LogP contribution in [0.25, 0.3) is 0 Å². The van der Waals surface area contributed by atoms with E-state index in [2.05, 4.69) is 13.0 Å². The van der Waals surface area contributed by atoms with Gasteiger partial charge in [-0.1, -0.05) is 19.9 Å². The average molecular weight is 232 g/mol. The Bertz CT molecular complexity index is 428. The molecule has 1 aliphatic rings. The fourth-order valence-corrected chi connectivity index (χ4v) is 2.25. The number of nitrogens with two attached hydrogens (primary N) is 1. The maximum absolute atomic E-state index is 12.1. The zero-order chi connectivity index (χ0) is 12.4. The Labute approximate surface area is 103 Å². The minimum Gasteiger partial charge on any atom is -0.399 e. The summed E-state index contributed by atoms with van der Waals surface area (Å²) in [5.41, 5.74) is 9.09. The first-order valence-corrected chi connectivity index (χ1v) is 6.28. The molecule has 1 aromatic rings. The summed E-state index contributed by atoms with van der Waals surface area (Å²) in [6.45, 7) is 5.60. The smallest absolute Gasteiger partial charge is 0.225 e. The molecule has 0 spiro atoms. The van der Waals surface area contributed by atoms with Gasteiger partial charge in [0.2, 0.25) is 5.91 Å². The van der Waals surface area contributed by atoms with Gasteiger partial charge in [-0.3, -0.25) is 4.79 Å². The number of rotatable bonds is 2. The zero-order valence-corrected chi connectivity index (χ0v) is 10.6.